The molecule has 1 aliphatic heterocycles. The maximum absolute atomic E-state index is 12.2. The third-order valence-electron chi connectivity index (χ3n) is 3.00. The zero-order valence-electron chi connectivity index (χ0n) is 11.2. The minimum atomic E-state index is -4.34. The minimum Gasteiger partial charge on any atom is -0.480 e. The van der Waals surface area contributed by atoms with E-state index >= 15 is 0 Å². The van der Waals surface area contributed by atoms with Crippen LogP contribution in [0, 0.1) is 0 Å². The van der Waals surface area contributed by atoms with E-state index < -0.39 is 37.2 Å². The molecule has 0 aromatic heterocycles. The lowest BCUT2D eigenvalue weighted by atomic mass is 10.2. The van der Waals surface area contributed by atoms with Gasteiger partial charge < -0.3 is 10.0 Å². The van der Waals surface area contributed by atoms with E-state index in [9.17, 15) is 22.8 Å². The highest BCUT2D eigenvalue weighted by Crippen LogP contribution is 2.32. The Morgan fingerprint density at radius 2 is 2.05 bits per heavy atom. The number of carboxylic acids is 1. The van der Waals surface area contributed by atoms with E-state index in [1.807, 2.05) is 0 Å². The molecule has 1 aliphatic rings. The quantitative estimate of drug-likeness (QED) is 0.864. The van der Waals surface area contributed by atoms with E-state index in [1.54, 1.807) is 6.92 Å². The van der Waals surface area contributed by atoms with Gasteiger partial charge in [0.15, 0.2) is 0 Å². The van der Waals surface area contributed by atoms with Crippen LogP contribution in [0.2, 0.25) is 0 Å². The lowest BCUT2D eigenvalue weighted by Crippen LogP contribution is -2.51. The molecular formula is C11H17F3N2O3S. The molecule has 1 fully saturated rings. The second-order valence-corrected chi connectivity index (χ2v) is 5.74. The number of alkyl halides is 3. The topological polar surface area (TPSA) is 60.9 Å². The Morgan fingerprint density at radius 3 is 2.50 bits per heavy atom. The Hall–Kier alpha value is -1.12. The molecule has 9 heteroatoms. The molecule has 2 amide bonds. The second kappa shape index (κ2) is 6.55. The molecule has 2 unspecified atom stereocenters. The van der Waals surface area contributed by atoms with Gasteiger partial charge in [-0.2, -0.15) is 13.2 Å². The molecule has 0 aliphatic carbocycles. The van der Waals surface area contributed by atoms with Gasteiger partial charge in [-0.05, 0) is 6.42 Å². The molecule has 116 valence electrons. The fourth-order valence-electron chi connectivity index (χ4n) is 1.91. The van der Waals surface area contributed by atoms with Crippen molar-refractivity contribution in [3.8, 4) is 0 Å². The first-order valence-electron chi connectivity index (χ1n) is 6.12. The Kier molecular flexibility index (Phi) is 5.55. The summed E-state index contributed by atoms with van der Waals surface area (Å²) < 4.78 is 36.5. The van der Waals surface area contributed by atoms with E-state index in [0.29, 0.717) is 6.42 Å². The maximum Gasteiger partial charge on any atom is 0.390 e. The summed E-state index contributed by atoms with van der Waals surface area (Å²) in [4.78, 5) is 25.4. The van der Waals surface area contributed by atoms with Crippen LogP contribution < -0.4 is 0 Å². The average Bonchev–Trinajstić information content (AvgIpc) is 2.77. The van der Waals surface area contributed by atoms with Crippen molar-refractivity contribution in [2.24, 2.45) is 0 Å². The monoisotopic (exact) mass is 314 g/mol. The number of amides is 2. The van der Waals surface area contributed by atoms with Gasteiger partial charge in [0.1, 0.15) is 6.04 Å². The Morgan fingerprint density at radius 1 is 1.45 bits per heavy atom. The Bertz CT molecular complexity index is 378. The molecule has 20 heavy (non-hydrogen) atoms. The predicted molar refractivity (Wildman–Crippen MR) is 68.5 cm³/mol. The van der Waals surface area contributed by atoms with Gasteiger partial charge in [-0.25, -0.2) is 9.59 Å². The van der Waals surface area contributed by atoms with Gasteiger partial charge in [-0.3, -0.25) is 4.90 Å². The predicted octanol–water partition coefficient (Wildman–Crippen LogP) is 2.23. The van der Waals surface area contributed by atoms with Gasteiger partial charge >= 0.3 is 18.2 Å². The van der Waals surface area contributed by atoms with Crippen molar-refractivity contribution >= 4 is 23.8 Å². The molecule has 2 atom stereocenters. The van der Waals surface area contributed by atoms with Crippen molar-refractivity contribution in [3.63, 3.8) is 0 Å². The number of hydrogen-bond acceptors (Lipinski definition) is 3. The first-order chi connectivity index (χ1) is 9.17. The lowest BCUT2D eigenvalue weighted by molar-refractivity contribution is -0.142. The highest BCUT2D eigenvalue weighted by molar-refractivity contribution is 8.00. The number of halogens is 3. The van der Waals surface area contributed by atoms with Crippen LogP contribution in [0.4, 0.5) is 18.0 Å². The molecule has 0 spiro atoms. The van der Waals surface area contributed by atoms with Crippen molar-refractivity contribution in [1.82, 2.24) is 9.80 Å². The number of hydrogen-bond donors (Lipinski definition) is 1. The molecule has 0 bridgehead atoms. The lowest BCUT2D eigenvalue weighted by Gasteiger charge is -2.31. The molecule has 1 heterocycles. The zero-order chi connectivity index (χ0) is 15.5. The number of aliphatic carboxylic acids is 1. The van der Waals surface area contributed by atoms with Gasteiger partial charge in [0.2, 0.25) is 0 Å². The van der Waals surface area contributed by atoms with Crippen molar-refractivity contribution < 1.29 is 27.9 Å². The van der Waals surface area contributed by atoms with E-state index in [-0.39, 0.29) is 11.1 Å². The standard InChI is InChI=1S/C11H17F3N2O3S/c1-3-8-16(7(6-20-8)9(17)18)10(19)15(2)5-4-11(12,13)14/h7-8H,3-6H2,1-2H3,(H,17,18). The molecular weight excluding hydrogens is 297 g/mol. The molecule has 0 saturated carbocycles. The molecule has 0 aromatic carbocycles. The number of carbonyl (C=O) groups is 2. The van der Waals surface area contributed by atoms with Crippen LogP contribution >= 0.6 is 11.8 Å². The third kappa shape index (κ3) is 4.19. The Balaban J connectivity index is 2.73. The van der Waals surface area contributed by atoms with Crippen LogP contribution in [-0.2, 0) is 4.79 Å². The molecule has 5 nitrogen and oxygen atoms in total. The number of carboxylic acid groups (broad SMARTS) is 1. The molecule has 1 saturated heterocycles. The summed E-state index contributed by atoms with van der Waals surface area (Å²) >= 11 is 1.33. The summed E-state index contributed by atoms with van der Waals surface area (Å²) in [5, 5.41) is 8.77. The van der Waals surface area contributed by atoms with Crippen molar-refractivity contribution in [2.75, 3.05) is 19.3 Å². The van der Waals surface area contributed by atoms with Crippen LogP contribution in [0.25, 0.3) is 0 Å². The van der Waals surface area contributed by atoms with E-state index in [2.05, 4.69) is 0 Å². The van der Waals surface area contributed by atoms with Crippen molar-refractivity contribution in [1.29, 1.82) is 0 Å². The first-order valence-corrected chi connectivity index (χ1v) is 7.16. The summed E-state index contributed by atoms with van der Waals surface area (Å²) in [5.41, 5.74) is 0. The van der Waals surface area contributed by atoms with Crippen LogP contribution in [0.1, 0.15) is 19.8 Å². The number of nitrogens with zero attached hydrogens (tertiary/aromatic N) is 2. The van der Waals surface area contributed by atoms with Gasteiger partial charge in [0.25, 0.3) is 0 Å². The number of carbonyl (C=O) groups excluding carboxylic acids is 1. The summed E-state index contributed by atoms with van der Waals surface area (Å²) in [5.74, 6) is -0.877. The second-order valence-electron chi connectivity index (χ2n) is 4.53. The molecule has 0 radical (unpaired) electrons. The molecule has 0 aromatic rings. The summed E-state index contributed by atoms with van der Waals surface area (Å²) in [7, 11) is 1.25. The summed E-state index contributed by atoms with van der Waals surface area (Å²) in [6.07, 6.45) is -4.90. The summed E-state index contributed by atoms with van der Waals surface area (Å²) in [6, 6.07) is -1.65. The van der Waals surface area contributed by atoms with Crippen LogP contribution in [0.15, 0.2) is 0 Å². The fourth-order valence-corrected chi connectivity index (χ4v) is 3.25. The van der Waals surface area contributed by atoms with Crippen molar-refractivity contribution in [3.05, 3.63) is 0 Å². The molecule has 1 rings (SSSR count). The minimum absolute atomic E-state index is 0.257. The summed E-state index contributed by atoms with van der Waals surface area (Å²) in [6.45, 7) is 1.32. The van der Waals surface area contributed by atoms with Crippen LogP contribution in [0.5, 0.6) is 0 Å². The first kappa shape index (κ1) is 16.9. The van der Waals surface area contributed by atoms with Gasteiger partial charge in [-0.15, -0.1) is 11.8 Å². The SMILES string of the molecule is CCC1SCC(C(=O)O)N1C(=O)N(C)CCC(F)(F)F. The van der Waals surface area contributed by atoms with Crippen molar-refractivity contribution in [2.45, 2.75) is 37.4 Å². The number of thioether (sulfide) groups is 1. The maximum atomic E-state index is 12.2. The highest BCUT2D eigenvalue weighted by atomic mass is 32.2. The largest absolute Gasteiger partial charge is 0.480 e. The van der Waals surface area contributed by atoms with Crippen LogP contribution in [0.3, 0.4) is 0 Å². The van der Waals surface area contributed by atoms with E-state index in [0.717, 1.165) is 4.90 Å². The molecule has 1 N–H and O–H groups in total. The fraction of sp³-hybridized carbons (Fsp3) is 0.818. The number of rotatable bonds is 4. The average molecular weight is 314 g/mol. The highest BCUT2D eigenvalue weighted by Gasteiger charge is 2.42. The van der Waals surface area contributed by atoms with Gasteiger partial charge in [0, 0.05) is 19.3 Å². The van der Waals surface area contributed by atoms with Gasteiger partial charge in [-0.1, -0.05) is 6.92 Å². The number of urea groups is 1. The third-order valence-corrected chi connectivity index (χ3v) is 4.46. The Labute approximate surface area is 119 Å². The van der Waals surface area contributed by atoms with E-state index in [4.69, 9.17) is 5.11 Å². The smallest absolute Gasteiger partial charge is 0.390 e. The van der Waals surface area contributed by atoms with Gasteiger partial charge in [0.05, 0.1) is 11.8 Å². The van der Waals surface area contributed by atoms with Crippen LogP contribution in [-0.4, -0.2) is 63.8 Å². The zero-order valence-corrected chi connectivity index (χ0v) is 12.0. The normalized spacial score (nSPS) is 22.9. The van der Waals surface area contributed by atoms with E-state index in [1.165, 1.54) is 23.7 Å².